The fourth-order valence-electron chi connectivity index (χ4n) is 2.65. The van der Waals surface area contributed by atoms with E-state index in [9.17, 15) is 9.59 Å². The molecule has 2 amide bonds. The van der Waals surface area contributed by atoms with Gasteiger partial charge >= 0.3 is 0 Å². The molecule has 2 heterocycles. The molecule has 0 radical (unpaired) electrons. The summed E-state index contributed by atoms with van der Waals surface area (Å²) in [4.78, 5) is 28.3. The van der Waals surface area contributed by atoms with Gasteiger partial charge in [-0.05, 0) is 23.8 Å². The van der Waals surface area contributed by atoms with Gasteiger partial charge in [-0.1, -0.05) is 42.2 Å². The molecule has 0 aliphatic carbocycles. The number of carbonyl (C=O) groups is 2. The van der Waals surface area contributed by atoms with Gasteiger partial charge < -0.3 is 14.4 Å². The standard InChI is InChI=1S/C19H20N2O4S2/c1-2-7-21-18(23)16(27-19(21)26)12-14-3-5-15(6-4-14)25-13-17(22)20-8-10-24-11-9-20/h2-6,12H,1,7-11,13H2/b16-12-. The van der Waals surface area contributed by atoms with Gasteiger partial charge in [-0.25, -0.2) is 0 Å². The topological polar surface area (TPSA) is 59.1 Å². The first-order chi connectivity index (χ1) is 13.1. The number of hydrogen-bond donors (Lipinski definition) is 0. The van der Waals surface area contributed by atoms with E-state index in [1.165, 1.54) is 16.7 Å². The first-order valence-corrected chi connectivity index (χ1v) is 9.75. The summed E-state index contributed by atoms with van der Waals surface area (Å²) in [7, 11) is 0. The molecular weight excluding hydrogens is 384 g/mol. The van der Waals surface area contributed by atoms with Crippen LogP contribution in [-0.4, -0.2) is 65.4 Å². The first kappa shape index (κ1) is 19.6. The second-order valence-corrected chi connectivity index (χ2v) is 7.61. The predicted octanol–water partition coefficient (Wildman–Crippen LogP) is 2.31. The van der Waals surface area contributed by atoms with Crippen molar-refractivity contribution >= 4 is 46.2 Å². The molecule has 2 aliphatic rings. The van der Waals surface area contributed by atoms with Crippen LogP contribution in [0.15, 0.2) is 41.8 Å². The van der Waals surface area contributed by atoms with Crippen LogP contribution in [0.3, 0.4) is 0 Å². The fraction of sp³-hybridized carbons (Fsp3) is 0.316. The SMILES string of the molecule is C=CCN1C(=O)/C(=C/c2ccc(OCC(=O)N3CCOCC3)cc2)SC1=S. The average Bonchev–Trinajstić information content (AvgIpc) is 2.95. The monoisotopic (exact) mass is 404 g/mol. The van der Waals surface area contributed by atoms with Gasteiger partial charge in [-0.3, -0.25) is 14.5 Å². The van der Waals surface area contributed by atoms with Crippen LogP contribution in [0, 0.1) is 0 Å². The summed E-state index contributed by atoms with van der Waals surface area (Å²) in [6.45, 7) is 6.39. The third-order valence-corrected chi connectivity index (χ3v) is 5.47. The molecule has 1 aromatic carbocycles. The molecule has 2 saturated heterocycles. The summed E-state index contributed by atoms with van der Waals surface area (Å²) >= 11 is 6.51. The molecule has 0 bridgehead atoms. The lowest BCUT2D eigenvalue weighted by Gasteiger charge is -2.26. The van der Waals surface area contributed by atoms with E-state index in [1.54, 1.807) is 29.2 Å². The Labute approximate surface area is 167 Å². The summed E-state index contributed by atoms with van der Waals surface area (Å²) in [6, 6.07) is 7.25. The highest BCUT2D eigenvalue weighted by Crippen LogP contribution is 2.32. The minimum atomic E-state index is -0.110. The highest BCUT2D eigenvalue weighted by Gasteiger charge is 2.30. The van der Waals surface area contributed by atoms with Crippen LogP contribution in [-0.2, 0) is 14.3 Å². The highest BCUT2D eigenvalue weighted by atomic mass is 32.2. The Kier molecular flexibility index (Phi) is 6.65. The van der Waals surface area contributed by atoms with Gasteiger partial charge in [0.25, 0.3) is 11.8 Å². The van der Waals surface area contributed by atoms with E-state index in [1.807, 2.05) is 12.1 Å². The number of benzene rings is 1. The van der Waals surface area contributed by atoms with Crippen LogP contribution >= 0.6 is 24.0 Å². The number of morpholine rings is 1. The number of amides is 2. The second kappa shape index (κ2) is 9.16. The van der Waals surface area contributed by atoms with E-state index < -0.39 is 0 Å². The molecule has 27 heavy (non-hydrogen) atoms. The Morgan fingerprint density at radius 2 is 2.00 bits per heavy atom. The molecule has 0 aromatic heterocycles. The van der Waals surface area contributed by atoms with Crippen LogP contribution in [0.5, 0.6) is 5.75 Å². The second-order valence-electron chi connectivity index (χ2n) is 5.93. The Bertz CT molecular complexity index is 770. The Hall–Kier alpha value is -2.16. The molecule has 2 fully saturated rings. The smallest absolute Gasteiger partial charge is 0.266 e. The van der Waals surface area contributed by atoms with Crippen LogP contribution < -0.4 is 4.74 Å². The van der Waals surface area contributed by atoms with Crippen molar-refractivity contribution in [3.63, 3.8) is 0 Å². The highest BCUT2D eigenvalue weighted by molar-refractivity contribution is 8.26. The zero-order valence-corrected chi connectivity index (χ0v) is 16.4. The van der Waals surface area contributed by atoms with Crippen LogP contribution in [0.25, 0.3) is 6.08 Å². The van der Waals surface area contributed by atoms with Crippen molar-refractivity contribution in [1.29, 1.82) is 0 Å². The van der Waals surface area contributed by atoms with Crippen molar-refractivity contribution < 1.29 is 19.1 Å². The third kappa shape index (κ3) is 4.97. The fourth-order valence-corrected chi connectivity index (χ4v) is 3.92. The normalized spacial score (nSPS) is 18.9. The number of thiocarbonyl (C=S) groups is 1. The molecule has 142 valence electrons. The third-order valence-electron chi connectivity index (χ3n) is 4.09. The predicted molar refractivity (Wildman–Crippen MR) is 109 cm³/mol. The van der Waals surface area contributed by atoms with Crippen molar-refractivity contribution in [2.24, 2.45) is 0 Å². The zero-order valence-electron chi connectivity index (χ0n) is 14.8. The molecular formula is C19H20N2O4S2. The first-order valence-electron chi connectivity index (χ1n) is 8.53. The summed E-state index contributed by atoms with van der Waals surface area (Å²) in [6.07, 6.45) is 3.45. The molecule has 3 rings (SSSR count). The quantitative estimate of drug-likeness (QED) is 0.412. The van der Waals surface area contributed by atoms with Gasteiger partial charge in [0.05, 0.1) is 18.1 Å². The van der Waals surface area contributed by atoms with Gasteiger partial charge in [0.15, 0.2) is 6.61 Å². The molecule has 0 saturated carbocycles. The van der Waals surface area contributed by atoms with Gasteiger partial charge in [0.2, 0.25) is 0 Å². The van der Waals surface area contributed by atoms with E-state index in [0.29, 0.717) is 47.8 Å². The summed E-state index contributed by atoms with van der Waals surface area (Å²) in [5.74, 6) is 0.447. The number of hydrogen-bond acceptors (Lipinski definition) is 6. The van der Waals surface area contributed by atoms with Crippen molar-refractivity contribution in [3.05, 3.63) is 47.4 Å². The van der Waals surface area contributed by atoms with E-state index in [0.717, 1.165) is 5.56 Å². The number of thioether (sulfide) groups is 1. The lowest BCUT2D eigenvalue weighted by atomic mass is 10.2. The minimum Gasteiger partial charge on any atom is -0.484 e. The van der Waals surface area contributed by atoms with Crippen LogP contribution in [0.1, 0.15) is 5.56 Å². The van der Waals surface area contributed by atoms with Crippen LogP contribution in [0.2, 0.25) is 0 Å². The molecule has 0 N–H and O–H groups in total. The zero-order chi connectivity index (χ0) is 19.2. The summed E-state index contributed by atoms with van der Waals surface area (Å²) < 4.78 is 11.3. The summed E-state index contributed by atoms with van der Waals surface area (Å²) in [5.41, 5.74) is 0.862. The number of nitrogens with zero attached hydrogens (tertiary/aromatic N) is 2. The number of rotatable bonds is 6. The van der Waals surface area contributed by atoms with Crippen molar-refractivity contribution in [2.45, 2.75) is 0 Å². The average molecular weight is 405 g/mol. The summed E-state index contributed by atoms with van der Waals surface area (Å²) in [5, 5.41) is 0. The molecule has 0 spiro atoms. The maximum atomic E-state index is 12.3. The molecule has 6 nitrogen and oxygen atoms in total. The Morgan fingerprint density at radius 3 is 2.67 bits per heavy atom. The van der Waals surface area contributed by atoms with Gasteiger partial charge in [0.1, 0.15) is 10.1 Å². The van der Waals surface area contributed by atoms with Crippen molar-refractivity contribution in [2.75, 3.05) is 39.5 Å². The molecule has 2 aliphatic heterocycles. The van der Waals surface area contributed by atoms with Gasteiger partial charge in [-0.2, -0.15) is 0 Å². The van der Waals surface area contributed by atoms with Gasteiger partial charge in [-0.15, -0.1) is 6.58 Å². The van der Waals surface area contributed by atoms with E-state index >= 15 is 0 Å². The lowest BCUT2D eigenvalue weighted by molar-refractivity contribution is -0.137. The van der Waals surface area contributed by atoms with E-state index in [4.69, 9.17) is 21.7 Å². The van der Waals surface area contributed by atoms with Crippen molar-refractivity contribution in [3.8, 4) is 5.75 Å². The molecule has 8 heteroatoms. The minimum absolute atomic E-state index is 0.000439. The molecule has 0 unspecified atom stereocenters. The molecule has 1 aromatic rings. The largest absolute Gasteiger partial charge is 0.484 e. The Morgan fingerprint density at radius 1 is 1.30 bits per heavy atom. The van der Waals surface area contributed by atoms with E-state index in [2.05, 4.69) is 6.58 Å². The maximum absolute atomic E-state index is 12.3. The number of carbonyl (C=O) groups excluding carboxylic acids is 2. The Balaban J connectivity index is 1.57. The van der Waals surface area contributed by atoms with Gasteiger partial charge in [0, 0.05) is 19.6 Å². The van der Waals surface area contributed by atoms with Crippen molar-refractivity contribution in [1.82, 2.24) is 9.80 Å². The van der Waals surface area contributed by atoms with E-state index in [-0.39, 0.29) is 18.4 Å². The molecule has 0 atom stereocenters. The number of ether oxygens (including phenoxy) is 2. The lowest BCUT2D eigenvalue weighted by Crippen LogP contribution is -2.42. The van der Waals surface area contributed by atoms with Crippen LogP contribution in [0.4, 0.5) is 0 Å². The maximum Gasteiger partial charge on any atom is 0.266 e.